The van der Waals surface area contributed by atoms with E-state index in [9.17, 15) is 22.8 Å². The zero-order valence-corrected chi connectivity index (χ0v) is 15.9. The molecule has 9 heteroatoms. The van der Waals surface area contributed by atoms with E-state index in [-0.39, 0.29) is 23.3 Å². The number of imide groups is 1. The van der Waals surface area contributed by atoms with E-state index in [0.29, 0.717) is 24.1 Å². The van der Waals surface area contributed by atoms with Crippen molar-refractivity contribution >= 4 is 33.4 Å². The number of anilines is 1. The van der Waals surface area contributed by atoms with Crippen LogP contribution in [0.15, 0.2) is 24.3 Å². The van der Waals surface area contributed by atoms with Crippen LogP contribution in [-0.4, -0.2) is 37.3 Å². The van der Waals surface area contributed by atoms with Gasteiger partial charge in [0, 0.05) is 12.1 Å². The van der Waals surface area contributed by atoms with Crippen molar-refractivity contribution in [2.45, 2.75) is 49.8 Å². The Balaban J connectivity index is 1.57. The molecule has 3 rings (SSSR count). The van der Waals surface area contributed by atoms with E-state index in [1.807, 2.05) is 0 Å². The number of sulfone groups is 1. The predicted octanol–water partition coefficient (Wildman–Crippen LogP) is 1.43. The quantitative estimate of drug-likeness (QED) is 0.631. The molecule has 4 amide bonds. The Bertz CT molecular complexity index is 859. The zero-order valence-electron chi connectivity index (χ0n) is 15.1. The van der Waals surface area contributed by atoms with Crippen LogP contribution in [0.1, 0.15) is 44.6 Å². The third-order valence-corrected chi connectivity index (χ3v) is 7.47. The number of carbonyl (C=O) groups excluding carboxylic acids is 3. The summed E-state index contributed by atoms with van der Waals surface area (Å²) in [5, 5.41) is 7.11. The molecule has 1 atom stereocenters. The molecule has 0 radical (unpaired) electrons. The molecule has 1 saturated carbocycles. The van der Waals surface area contributed by atoms with Gasteiger partial charge in [-0.1, -0.05) is 25.0 Å². The standard InChI is InChI=1S/C18H23N3O5S/c1-18(16(23)20-17(24)21-18)12-6-8-13(9-7-12)19-15(22)10-11-27(25,26)14-4-2-3-5-14/h6-9,14H,2-5,10-11H2,1H3,(H,19,22)(H2,20,21,23,24)/t18-/m1/s1. The Kier molecular flexibility index (Phi) is 5.23. The minimum absolute atomic E-state index is 0.0865. The van der Waals surface area contributed by atoms with Crippen molar-refractivity contribution in [1.82, 2.24) is 10.6 Å². The molecule has 0 aromatic heterocycles. The average molecular weight is 393 g/mol. The summed E-state index contributed by atoms with van der Waals surface area (Å²) in [7, 11) is -3.23. The Morgan fingerprint density at radius 2 is 1.81 bits per heavy atom. The van der Waals surface area contributed by atoms with Gasteiger partial charge in [0.05, 0.1) is 11.0 Å². The number of amides is 4. The molecule has 3 N–H and O–H groups in total. The lowest BCUT2D eigenvalue weighted by atomic mass is 9.92. The van der Waals surface area contributed by atoms with Crippen LogP contribution >= 0.6 is 0 Å². The van der Waals surface area contributed by atoms with Gasteiger partial charge in [-0.25, -0.2) is 13.2 Å². The lowest BCUT2D eigenvalue weighted by Crippen LogP contribution is -2.40. The molecule has 1 aliphatic carbocycles. The monoisotopic (exact) mass is 393 g/mol. The van der Waals surface area contributed by atoms with Crippen molar-refractivity contribution in [2.75, 3.05) is 11.1 Å². The number of benzene rings is 1. The van der Waals surface area contributed by atoms with Crippen LogP contribution in [-0.2, 0) is 25.0 Å². The smallest absolute Gasteiger partial charge is 0.322 e. The molecule has 0 unspecified atom stereocenters. The number of hydrogen-bond donors (Lipinski definition) is 3. The highest BCUT2D eigenvalue weighted by molar-refractivity contribution is 7.92. The molecule has 1 aromatic rings. The molecule has 2 fully saturated rings. The van der Waals surface area contributed by atoms with E-state index in [1.165, 1.54) is 0 Å². The predicted molar refractivity (Wildman–Crippen MR) is 99.8 cm³/mol. The molecular formula is C18H23N3O5S. The SMILES string of the molecule is C[C@]1(c2ccc(NC(=O)CCS(=O)(=O)C3CCCC3)cc2)NC(=O)NC1=O. The second-order valence-corrected chi connectivity index (χ2v) is 9.58. The van der Waals surface area contributed by atoms with Crippen LogP contribution in [0.2, 0.25) is 0 Å². The van der Waals surface area contributed by atoms with Gasteiger partial charge in [0.25, 0.3) is 5.91 Å². The van der Waals surface area contributed by atoms with E-state index in [4.69, 9.17) is 0 Å². The summed E-state index contributed by atoms with van der Waals surface area (Å²) in [6.07, 6.45) is 3.15. The first kappa shape index (κ1) is 19.3. The largest absolute Gasteiger partial charge is 0.326 e. The average Bonchev–Trinajstić information content (AvgIpc) is 3.23. The number of nitrogens with one attached hydrogen (secondary N) is 3. The van der Waals surface area contributed by atoms with Gasteiger partial charge >= 0.3 is 6.03 Å². The van der Waals surface area contributed by atoms with Crippen LogP contribution in [0.4, 0.5) is 10.5 Å². The minimum atomic E-state index is -3.23. The van der Waals surface area contributed by atoms with Gasteiger partial charge in [-0.05, 0) is 37.5 Å². The fraction of sp³-hybridized carbons (Fsp3) is 0.500. The first-order valence-electron chi connectivity index (χ1n) is 8.96. The number of hydrogen-bond acceptors (Lipinski definition) is 5. The summed E-state index contributed by atoms with van der Waals surface area (Å²) in [6, 6.07) is 5.94. The van der Waals surface area contributed by atoms with E-state index >= 15 is 0 Å². The molecule has 1 aliphatic heterocycles. The van der Waals surface area contributed by atoms with Crippen molar-refractivity contribution in [3.05, 3.63) is 29.8 Å². The molecule has 2 aliphatic rings. The van der Waals surface area contributed by atoms with Crippen molar-refractivity contribution in [3.63, 3.8) is 0 Å². The van der Waals surface area contributed by atoms with E-state index < -0.39 is 27.3 Å². The van der Waals surface area contributed by atoms with Gasteiger partial charge in [-0.15, -0.1) is 0 Å². The molecule has 0 spiro atoms. The highest BCUT2D eigenvalue weighted by Crippen LogP contribution is 2.27. The first-order chi connectivity index (χ1) is 12.7. The van der Waals surface area contributed by atoms with Crippen LogP contribution in [0.5, 0.6) is 0 Å². The van der Waals surface area contributed by atoms with Crippen molar-refractivity contribution < 1.29 is 22.8 Å². The van der Waals surface area contributed by atoms with E-state index in [0.717, 1.165) is 12.8 Å². The maximum absolute atomic E-state index is 12.2. The third-order valence-electron chi connectivity index (χ3n) is 5.21. The third kappa shape index (κ3) is 4.13. The highest BCUT2D eigenvalue weighted by Gasteiger charge is 2.43. The number of carbonyl (C=O) groups is 3. The Labute approximate surface area is 158 Å². The first-order valence-corrected chi connectivity index (χ1v) is 10.7. The van der Waals surface area contributed by atoms with Gasteiger partial charge < -0.3 is 10.6 Å². The van der Waals surface area contributed by atoms with Crippen LogP contribution < -0.4 is 16.0 Å². The molecule has 1 aromatic carbocycles. The molecule has 1 saturated heterocycles. The Morgan fingerprint density at radius 3 is 2.37 bits per heavy atom. The maximum atomic E-state index is 12.2. The maximum Gasteiger partial charge on any atom is 0.322 e. The lowest BCUT2D eigenvalue weighted by Gasteiger charge is -2.21. The molecule has 146 valence electrons. The van der Waals surface area contributed by atoms with Gasteiger partial charge in [0.2, 0.25) is 5.91 Å². The molecule has 27 heavy (non-hydrogen) atoms. The Morgan fingerprint density at radius 1 is 1.19 bits per heavy atom. The van der Waals surface area contributed by atoms with E-state index in [2.05, 4.69) is 16.0 Å². The van der Waals surface area contributed by atoms with E-state index in [1.54, 1.807) is 31.2 Å². The highest BCUT2D eigenvalue weighted by atomic mass is 32.2. The molecule has 1 heterocycles. The number of rotatable bonds is 6. The summed E-state index contributed by atoms with van der Waals surface area (Å²) in [5.74, 6) is -0.963. The van der Waals surface area contributed by atoms with Gasteiger partial charge in [-0.2, -0.15) is 0 Å². The second kappa shape index (κ2) is 7.30. The van der Waals surface area contributed by atoms with Crippen LogP contribution in [0.3, 0.4) is 0 Å². The second-order valence-electron chi connectivity index (χ2n) is 7.18. The zero-order chi connectivity index (χ0) is 19.7. The van der Waals surface area contributed by atoms with Gasteiger partial charge in [0.15, 0.2) is 9.84 Å². The fourth-order valence-corrected chi connectivity index (χ4v) is 5.36. The summed E-state index contributed by atoms with van der Waals surface area (Å²) in [6.45, 7) is 1.59. The van der Waals surface area contributed by atoms with Crippen LogP contribution in [0, 0.1) is 0 Å². The molecule has 8 nitrogen and oxygen atoms in total. The fourth-order valence-electron chi connectivity index (χ4n) is 3.51. The summed E-state index contributed by atoms with van der Waals surface area (Å²) >= 11 is 0. The van der Waals surface area contributed by atoms with Crippen molar-refractivity contribution in [3.8, 4) is 0 Å². The lowest BCUT2D eigenvalue weighted by molar-refractivity contribution is -0.123. The minimum Gasteiger partial charge on any atom is -0.326 e. The molecule has 0 bridgehead atoms. The topological polar surface area (TPSA) is 121 Å². The normalized spacial score (nSPS) is 23.1. The summed E-state index contributed by atoms with van der Waals surface area (Å²) in [5.41, 5.74) is -0.0855. The summed E-state index contributed by atoms with van der Waals surface area (Å²) in [4.78, 5) is 35.4. The van der Waals surface area contributed by atoms with Crippen molar-refractivity contribution in [1.29, 1.82) is 0 Å². The van der Waals surface area contributed by atoms with Crippen molar-refractivity contribution in [2.24, 2.45) is 0 Å². The van der Waals surface area contributed by atoms with Gasteiger partial charge in [0.1, 0.15) is 5.54 Å². The van der Waals surface area contributed by atoms with Gasteiger partial charge in [-0.3, -0.25) is 14.9 Å². The number of urea groups is 1. The summed E-state index contributed by atoms with van der Waals surface area (Å²) < 4.78 is 24.4. The Hall–Kier alpha value is -2.42. The molecular weight excluding hydrogens is 370 g/mol. The van der Waals surface area contributed by atoms with Crippen LogP contribution in [0.25, 0.3) is 0 Å².